The minimum Gasteiger partial charge on any atom is -0.382 e. The SMILES string of the molecule is C=CCCNc1nc(N)cnc1C#N. The third-order valence-corrected chi connectivity index (χ3v) is 1.54. The van der Waals surface area contributed by atoms with Crippen molar-refractivity contribution < 1.29 is 0 Å². The van der Waals surface area contributed by atoms with E-state index in [1.54, 1.807) is 6.08 Å². The number of nitrogens with two attached hydrogens (primary N) is 1. The van der Waals surface area contributed by atoms with Crippen LogP contribution in [0.2, 0.25) is 0 Å². The Hall–Kier alpha value is -2.09. The lowest BCUT2D eigenvalue weighted by Crippen LogP contribution is -2.07. The van der Waals surface area contributed by atoms with Gasteiger partial charge in [-0.1, -0.05) is 6.08 Å². The van der Waals surface area contributed by atoms with Gasteiger partial charge in [0.2, 0.25) is 0 Å². The lowest BCUT2D eigenvalue weighted by atomic mass is 10.4. The summed E-state index contributed by atoms with van der Waals surface area (Å²) < 4.78 is 0. The molecule has 0 amide bonds. The van der Waals surface area contributed by atoms with Crippen LogP contribution in [0.15, 0.2) is 18.9 Å². The predicted octanol–water partition coefficient (Wildman–Crippen LogP) is 0.918. The topological polar surface area (TPSA) is 87.6 Å². The van der Waals surface area contributed by atoms with Gasteiger partial charge in [0.05, 0.1) is 6.20 Å². The molecule has 0 aliphatic carbocycles. The molecule has 72 valence electrons. The lowest BCUT2D eigenvalue weighted by molar-refractivity contribution is 1.03. The number of nitriles is 1. The molecule has 5 heteroatoms. The third-order valence-electron chi connectivity index (χ3n) is 1.54. The molecule has 0 aliphatic rings. The van der Waals surface area contributed by atoms with Gasteiger partial charge in [-0.2, -0.15) is 5.26 Å². The summed E-state index contributed by atoms with van der Waals surface area (Å²) in [5.74, 6) is 0.722. The predicted molar refractivity (Wildman–Crippen MR) is 54.5 cm³/mol. The molecule has 0 atom stereocenters. The van der Waals surface area contributed by atoms with Gasteiger partial charge in [0.1, 0.15) is 11.9 Å². The molecule has 5 nitrogen and oxygen atoms in total. The highest BCUT2D eigenvalue weighted by molar-refractivity contribution is 5.50. The average molecular weight is 189 g/mol. The number of rotatable bonds is 4. The Balaban J connectivity index is 2.78. The quantitative estimate of drug-likeness (QED) is 0.543. The fourth-order valence-electron chi connectivity index (χ4n) is 0.900. The summed E-state index contributed by atoms with van der Waals surface area (Å²) in [5.41, 5.74) is 5.70. The zero-order chi connectivity index (χ0) is 10.4. The summed E-state index contributed by atoms with van der Waals surface area (Å²) in [6.07, 6.45) is 3.93. The number of anilines is 2. The van der Waals surface area contributed by atoms with Gasteiger partial charge in [0, 0.05) is 6.54 Å². The molecular weight excluding hydrogens is 178 g/mol. The number of nitrogen functional groups attached to an aromatic ring is 1. The van der Waals surface area contributed by atoms with Crippen LogP contribution in [0, 0.1) is 11.3 Å². The van der Waals surface area contributed by atoms with Crippen molar-refractivity contribution in [3.63, 3.8) is 0 Å². The maximum Gasteiger partial charge on any atom is 0.183 e. The smallest absolute Gasteiger partial charge is 0.183 e. The summed E-state index contributed by atoms with van der Waals surface area (Å²) in [6, 6.07) is 1.93. The van der Waals surface area contributed by atoms with Crippen LogP contribution in [0.1, 0.15) is 12.1 Å². The highest BCUT2D eigenvalue weighted by Gasteiger charge is 2.03. The van der Waals surface area contributed by atoms with Crippen molar-refractivity contribution in [3.8, 4) is 6.07 Å². The molecule has 1 aromatic rings. The van der Waals surface area contributed by atoms with E-state index in [0.717, 1.165) is 6.42 Å². The molecule has 0 spiro atoms. The van der Waals surface area contributed by atoms with E-state index in [1.807, 2.05) is 6.07 Å². The van der Waals surface area contributed by atoms with E-state index >= 15 is 0 Å². The summed E-state index contributed by atoms with van der Waals surface area (Å²) in [6.45, 7) is 4.25. The molecule has 1 aromatic heterocycles. The molecule has 0 aromatic carbocycles. The zero-order valence-corrected chi connectivity index (χ0v) is 7.70. The molecule has 0 aliphatic heterocycles. The first-order chi connectivity index (χ1) is 6.77. The van der Waals surface area contributed by atoms with E-state index < -0.39 is 0 Å². The zero-order valence-electron chi connectivity index (χ0n) is 7.70. The van der Waals surface area contributed by atoms with E-state index in [0.29, 0.717) is 18.2 Å². The second-order valence-corrected chi connectivity index (χ2v) is 2.61. The summed E-state index contributed by atoms with van der Waals surface area (Å²) in [4.78, 5) is 7.80. The standard InChI is InChI=1S/C9H11N5/c1-2-3-4-12-9-7(5-10)13-6-8(11)14-9/h2,6H,1,3-4H2,(H3,11,12,14). The van der Waals surface area contributed by atoms with E-state index in [-0.39, 0.29) is 5.69 Å². The third kappa shape index (κ3) is 2.45. The first-order valence-electron chi connectivity index (χ1n) is 4.15. The van der Waals surface area contributed by atoms with Crippen molar-refractivity contribution in [2.24, 2.45) is 0 Å². The molecule has 0 bridgehead atoms. The molecule has 14 heavy (non-hydrogen) atoms. The fourth-order valence-corrected chi connectivity index (χ4v) is 0.900. The number of hydrogen-bond donors (Lipinski definition) is 2. The van der Waals surface area contributed by atoms with Gasteiger partial charge in [-0.3, -0.25) is 0 Å². The Morgan fingerprint density at radius 3 is 3.14 bits per heavy atom. The maximum absolute atomic E-state index is 8.71. The average Bonchev–Trinajstić information content (AvgIpc) is 2.19. The van der Waals surface area contributed by atoms with Gasteiger partial charge in [0.25, 0.3) is 0 Å². The Labute approximate surface area is 82.3 Å². The molecule has 0 unspecified atom stereocenters. The van der Waals surface area contributed by atoms with Crippen LogP contribution < -0.4 is 11.1 Å². The summed E-state index contributed by atoms with van der Waals surface area (Å²) in [7, 11) is 0. The number of hydrogen-bond acceptors (Lipinski definition) is 5. The Morgan fingerprint density at radius 2 is 2.50 bits per heavy atom. The summed E-state index contributed by atoms with van der Waals surface area (Å²) in [5, 5.41) is 11.7. The fraction of sp³-hybridized carbons (Fsp3) is 0.222. The van der Waals surface area contributed by atoms with Crippen molar-refractivity contribution >= 4 is 11.6 Å². The monoisotopic (exact) mass is 189 g/mol. The molecular formula is C9H11N5. The van der Waals surface area contributed by atoms with Crippen LogP contribution in [0.25, 0.3) is 0 Å². The molecule has 0 fully saturated rings. The molecule has 0 saturated heterocycles. The van der Waals surface area contributed by atoms with Crippen molar-refractivity contribution in [1.82, 2.24) is 9.97 Å². The second-order valence-electron chi connectivity index (χ2n) is 2.61. The van der Waals surface area contributed by atoms with Gasteiger partial charge in [0.15, 0.2) is 11.5 Å². The van der Waals surface area contributed by atoms with Crippen molar-refractivity contribution in [2.75, 3.05) is 17.6 Å². The lowest BCUT2D eigenvalue weighted by Gasteiger charge is -2.04. The van der Waals surface area contributed by atoms with Crippen LogP contribution in [0.5, 0.6) is 0 Å². The number of aromatic nitrogens is 2. The van der Waals surface area contributed by atoms with E-state index in [4.69, 9.17) is 11.0 Å². The minimum absolute atomic E-state index is 0.253. The van der Waals surface area contributed by atoms with Crippen molar-refractivity contribution in [3.05, 3.63) is 24.5 Å². The highest BCUT2D eigenvalue weighted by atomic mass is 15.0. The molecule has 1 heterocycles. The number of nitrogens with zero attached hydrogens (tertiary/aromatic N) is 3. The maximum atomic E-state index is 8.71. The van der Waals surface area contributed by atoms with Crippen LogP contribution >= 0.6 is 0 Å². The normalized spacial score (nSPS) is 9.07. The van der Waals surface area contributed by atoms with Crippen molar-refractivity contribution in [1.29, 1.82) is 5.26 Å². The Kier molecular flexibility index (Phi) is 3.44. The van der Waals surface area contributed by atoms with Gasteiger partial charge < -0.3 is 11.1 Å². The molecule has 1 rings (SSSR count). The largest absolute Gasteiger partial charge is 0.382 e. The molecule has 3 N–H and O–H groups in total. The van der Waals surface area contributed by atoms with E-state index in [9.17, 15) is 0 Å². The van der Waals surface area contributed by atoms with Crippen LogP contribution in [-0.2, 0) is 0 Å². The molecule has 0 radical (unpaired) electrons. The van der Waals surface area contributed by atoms with Crippen LogP contribution in [-0.4, -0.2) is 16.5 Å². The Morgan fingerprint density at radius 1 is 1.71 bits per heavy atom. The van der Waals surface area contributed by atoms with Gasteiger partial charge >= 0.3 is 0 Å². The summed E-state index contributed by atoms with van der Waals surface area (Å²) >= 11 is 0. The second kappa shape index (κ2) is 4.82. The Bertz CT molecular complexity index is 366. The van der Waals surface area contributed by atoms with Gasteiger partial charge in [-0.25, -0.2) is 9.97 Å². The van der Waals surface area contributed by atoms with Crippen LogP contribution in [0.4, 0.5) is 11.6 Å². The van der Waals surface area contributed by atoms with Crippen molar-refractivity contribution in [2.45, 2.75) is 6.42 Å². The first kappa shape index (κ1) is 9.99. The van der Waals surface area contributed by atoms with E-state index in [1.165, 1.54) is 6.20 Å². The first-order valence-corrected chi connectivity index (χ1v) is 4.15. The van der Waals surface area contributed by atoms with Crippen LogP contribution in [0.3, 0.4) is 0 Å². The molecule has 0 saturated carbocycles. The number of nitrogens with one attached hydrogen (secondary N) is 1. The van der Waals surface area contributed by atoms with Gasteiger partial charge in [-0.15, -0.1) is 6.58 Å². The highest BCUT2D eigenvalue weighted by Crippen LogP contribution is 2.09. The van der Waals surface area contributed by atoms with E-state index in [2.05, 4.69) is 21.9 Å². The minimum atomic E-state index is 0.253. The van der Waals surface area contributed by atoms with Gasteiger partial charge in [-0.05, 0) is 6.42 Å².